The molecular weight excluding hydrogens is 461 g/mol. The van der Waals surface area contributed by atoms with E-state index in [1.807, 2.05) is 6.92 Å². The smallest absolute Gasteiger partial charge is 0.395 e. The van der Waals surface area contributed by atoms with Crippen molar-refractivity contribution in [2.75, 3.05) is 6.61 Å². The molecule has 0 unspecified atom stereocenters. The maximum absolute atomic E-state index is 11.7. The molecule has 0 aliphatic rings. The van der Waals surface area contributed by atoms with Crippen LogP contribution >= 0.6 is 23.2 Å². The van der Waals surface area contributed by atoms with Gasteiger partial charge >= 0.3 is 11.2 Å². The summed E-state index contributed by atoms with van der Waals surface area (Å²) in [7, 11) is 0. The lowest BCUT2D eigenvalue weighted by atomic mass is 10.2. The van der Waals surface area contributed by atoms with Crippen LogP contribution in [0.1, 0.15) is 23.9 Å². The highest BCUT2D eigenvalue weighted by Gasteiger charge is 2.21. The van der Waals surface area contributed by atoms with E-state index in [1.54, 1.807) is 42.5 Å². The van der Waals surface area contributed by atoms with Gasteiger partial charge < -0.3 is 19.6 Å². The van der Waals surface area contributed by atoms with Crippen LogP contribution in [0.2, 0.25) is 10.0 Å². The van der Waals surface area contributed by atoms with E-state index in [1.165, 1.54) is 6.08 Å². The zero-order valence-electron chi connectivity index (χ0n) is 16.7. The molecule has 0 saturated carbocycles. The number of nitro groups is 1. The quantitative estimate of drug-likeness (QED) is 0.350. The fourth-order valence-electron chi connectivity index (χ4n) is 2.70. The summed E-state index contributed by atoms with van der Waals surface area (Å²) in [4.78, 5) is 27.4. The van der Waals surface area contributed by atoms with Crippen LogP contribution in [0.3, 0.4) is 0 Å². The predicted octanol–water partition coefficient (Wildman–Crippen LogP) is 4.84. The number of nitrogens with zero attached hydrogens (tertiary/aromatic N) is 2. The fourth-order valence-corrected chi connectivity index (χ4v) is 3.16. The van der Waals surface area contributed by atoms with E-state index in [9.17, 15) is 20.0 Å². The highest BCUT2D eigenvalue weighted by molar-refractivity contribution is 6.35. The molecule has 2 aromatic carbocycles. The molecule has 0 bridgehead atoms. The molecule has 0 atom stereocenters. The monoisotopic (exact) mass is 477 g/mol. The van der Waals surface area contributed by atoms with Crippen LogP contribution in [0.4, 0.5) is 5.69 Å². The number of rotatable bonds is 8. The summed E-state index contributed by atoms with van der Waals surface area (Å²) < 4.78 is 11.5. The van der Waals surface area contributed by atoms with Gasteiger partial charge in [0.25, 0.3) is 5.88 Å². The summed E-state index contributed by atoms with van der Waals surface area (Å²) in [5.74, 6) is -0.0333. The van der Waals surface area contributed by atoms with Gasteiger partial charge in [-0.2, -0.15) is 4.98 Å². The lowest BCUT2D eigenvalue weighted by molar-refractivity contribution is -0.387. The van der Waals surface area contributed by atoms with E-state index in [0.29, 0.717) is 33.7 Å². The second kappa shape index (κ2) is 10.2. The van der Waals surface area contributed by atoms with Gasteiger partial charge in [0, 0.05) is 15.6 Å². The Bertz CT molecular complexity index is 1240. The molecule has 3 aromatic rings. The second-order valence-electron chi connectivity index (χ2n) is 6.38. The number of hydrogen-bond acceptors (Lipinski definition) is 7. The third-order valence-electron chi connectivity index (χ3n) is 4.18. The maximum Gasteiger partial charge on any atom is 0.395 e. The van der Waals surface area contributed by atoms with Crippen LogP contribution in [0.15, 0.2) is 41.2 Å². The summed E-state index contributed by atoms with van der Waals surface area (Å²) in [6.45, 7) is 2.44. The van der Waals surface area contributed by atoms with Gasteiger partial charge in [-0.05, 0) is 42.8 Å². The third-order valence-corrected chi connectivity index (χ3v) is 4.76. The molecule has 0 amide bonds. The molecule has 9 nitrogen and oxygen atoms in total. The van der Waals surface area contributed by atoms with Crippen LogP contribution in [0.5, 0.6) is 17.4 Å². The Morgan fingerprint density at radius 1 is 1.16 bits per heavy atom. The van der Waals surface area contributed by atoms with Crippen molar-refractivity contribution in [1.82, 2.24) is 9.97 Å². The van der Waals surface area contributed by atoms with Crippen LogP contribution in [0, 0.1) is 10.1 Å². The first-order valence-corrected chi connectivity index (χ1v) is 10.0. The topological polar surface area (TPSA) is 128 Å². The molecule has 0 spiro atoms. The van der Waals surface area contributed by atoms with Crippen molar-refractivity contribution in [2.24, 2.45) is 0 Å². The Morgan fingerprint density at radius 3 is 2.59 bits per heavy atom. The average Bonchev–Trinajstić information content (AvgIpc) is 2.72. The standard InChI is InChI=1S/C21H17Cl2N3O6/c1-2-31-17-9-12(4-8-18-24-20(27)19(26(29)30)21(28)25-18)3-7-16(17)32-11-13-5-6-14(22)10-15(13)23/h3-10H,2,11H2,1H3,(H2,24,25,27,28)/b8-4-. The predicted molar refractivity (Wildman–Crippen MR) is 121 cm³/mol. The number of halogens is 2. The minimum atomic E-state index is -1.05. The number of nitrogens with one attached hydrogen (secondary N) is 1. The highest BCUT2D eigenvalue weighted by atomic mass is 35.5. The van der Waals surface area contributed by atoms with Crippen LogP contribution < -0.4 is 15.0 Å². The van der Waals surface area contributed by atoms with E-state index in [0.717, 1.165) is 5.56 Å². The first-order chi connectivity index (χ1) is 15.3. The van der Waals surface area contributed by atoms with Crippen molar-refractivity contribution in [2.45, 2.75) is 13.5 Å². The summed E-state index contributed by atoms with van der Waals surface area (Å²) in [5, 5.41) is 21.4. The first kappa shape index (κ1) is 23.1. The molecule has 166 valence electrons. The van der Waals surface area contributed by atoms with E-state index < -0.39 is 22.0 Å². The number of aromatic hydroxyl groups is 1. The van der Waals surface area contributed by atoms with Gasteiger partial charge in [-0.3, -0.25) is 14.9 Å². The van der Waals surface area contributed by atoms with Gasteiger partial charge in [-0.15, -0.1) is 0 Å². The molecule has 11 heteroatoms. The molecule has 3 rings (SSSR count). The molecule has 1 aromatic heterocycles. The third kappa shape index (κ3) is 5.57. The van der Waals surface area contributed by atoms with Gasteiger partial charge in [0.15, 0.2) is 11.5 Å². The maximum atomic E-state index is 11.7. The summed E-state index contributed by atoms with van der Waals surface area (Å²) in [6.07, 6.45) is 2.98. The molecule has 0 aliphatic carbocycles. The number of ether oxygens (including phenoxy) is 2. The van der Waals surface area contributed by atoms with Crippen molar-refractivity contribution in [1.29, 1.82) is 0 Å². The van der Waals surface area contributed by atoms with Crippen LogP contribution in [0.25, 0.3) is 12.2 Å². The lowest BCUT2D eigenvalue weighted by Gasteiger charge is -2.13. The number of benzene rings is 2. The van der Waals surface area contributed by atoms with Crippen molar-refractivity contribution >= 4 is 41.0 Å². The Labute approximate surface area is 192 Å². The largest absolute Gasteiger partial charge is 0.490 e. The normalized spacial score (nSPS) is 11.0. The van der Waals surface area contributed by atoms with Crippen molar-refractivity contribution in [3.05, 3.63) is 83.9 Å². The molecule has 0 aliphatic heterocycles. The van der Waals surface area contributed by atoms with E-state index in [-0.39, 0.29) is 12.4 Å². The first-order valence-electron chi connectivity index (χ1n) is 9.27. The fraction of sp³-hybridized carbons (Fsp3) is 0.143. The summed E-state index contributed by atoms with van der Waals surface area (Å²) in [5.41, 5.74) is -0.633. The average molecular weight is 478 g/mol. The van der Waals surface area contributed by atoms with Crippen LogP contribution in [-0.2, 0) is 6.61 Å². The SMILES string of the molecule is CCOc1cc(/C=C\c2nc(O)c([N+](=O)[O-])c(=O)[nH]2)ccc1OCc1ccc(Cl)cc1Cl. The van der Waals surface area contributed by atoms with Gasteiger partial charge in [0.1, 0.15) is 12.4 Å². The van der Waals surface area contributed by atoms with Crippen molar-refractivity contribution in [3.8, 4) is 17.4 Å². The minimum absolute atomic E-state index is 0.0474. The molecule has 32 heavy (non-hydrogen) atoms. The summed E-state index contributed by atoms with van der Waals surface area (Å²) in [6, 6.07) is 10.3. The van der Waals surface area contributed by atoms with Gasteiger partial charge in [-0.1, -0.05) is 41.4 Å². The van der Waals surface area contributed by atoms with Gasteiger partial charge in [-0.25, -0.2) is 0 Å². The van der Waals surface area contributed by atoms with Gasteiger partial charge in [0.05, 0.1) is 11.5 Å². The Hall–Kier alpha value is -3.56. The van der Waals surface area contributed by atoms with E-state index in [4.69, 9.17) is 32.7 Å². The van der Waals surface area contributed by atoms with E-state index >= 15 is 0 Å². The molecular formula is C21H17Cl2N3O6. The minimum Gasteiger partial charge on any atom is -0.490 e. The molecule has 0 fully saturated rings. The Morgan fingerprint density at radius 2 is 1.94 bits per heavy atom. The molecule has 2 N–H and O–H groups in total. The van der Waals surface area contributed by atoms with Crippen LogP contribution in [-0.4, -0.2) is 26.6 Å². The second-order valence-corrected chi connectivity index (χ2v) is 7.22. The molecule has 1 heterocycles. The number of aromatic amines is 1. The zero-order chi connectivity index (χ0) is 23.3. The number of H-pyrrole nitrogens is 1. The van der Waals surface area contributed by atoms with Crippen molar-refractivity contribution in [3.63, 3.8) is 0 Å². The zero-order valence-corrected chi connectivity index (χ0v) is 18.2. The lowest BCUT2D eigenvalue weighted by Crippen LogP contribution is -2.14. The Kier molecular flexibility index (Phi) is 7.34. The van der Waals surface area contributed by atoms with E-state index in [2.05, 4.69) is 9.97 Å². The van der Waals surface area contributed by atoms with Crippen molar-refractivity contribution < 1.29 is 19.5 Å². The summed E-state index contributed by atoms with van der Waals surface area (Å²) >= 11 is 12.1. The van der Waals surface area contributed by atoms with Gasteiger partial charge in [0.2, 0.25) is 0 Å². The highest BCUT2D eigenvalue weighted by Crippen LogP contribution is 2.31. The number of aromatic nitrogens is 2. The molecule has 0 saturated heterocycles. The molecule has 0 radical (unpaired) electrons. The number of hydrogen-bond donors (Lipinski definition) is 2. The Balaban J connectivity index is 1.81.